The quantitative estimate of drug-likeness (QED) is 0.567. The van der Waals surface area contributed by atoms with E-state index in [0.717, 1.165) is 33.8 Å². The van der Waals surface area contributed by atoms with Crippen LogP contribution in [0, 0.1) is 6.92 Å². The van der Waals surface area contributed by atoms with Crippen molar-refractivity contribution in [3.63, 3.8) is 0 Å². The van der Waals surface area contributed by atoms with Crippen molar-refractivity contribution < 1.29 is 5.11 Å². The van der Waals surface area contributed by atoms with Gasteiger partial charge in [-0.25, -0.2) is 0 Å². The number of fused-ring (bicyclic) bond motifs is 1. The monoisotopic (exact) mass is 381 g/mol. The minimum absolute atomic E-state index is 0.00172. The van der Waals surface area contributed by atoms with Gasteiger partial charge in [0.25, 0.3) is 0 Å². The minimum Gasteiger partial charge on any atom is -0.492 e. The lowest BCUT2D eigenvalue weighted by Crippen LogP contribution is -1.92. The summed E-state index contributed by atoms with van der Waals surface area (Å²) in [6, 6.07) is 13.6. The van der Waals surface area contributed by atoms with E-state index >= 15 is 0 Å². The predicted octanol–water partition coefficient (Wildman–Crippen LogP) is 6.20. The fourth-order valence-electron chi connectivity index (χ4n) is 2.88. The van der Waals surface area contributed by atoms with Crippen LogP contribution in [0.1, 0.15) is 22.9 Å². The molecule has 0 saturated heterocycles. The first-order valence-electron chi connectivity index (χ1n) is 8.11. The largest absolute Gasteiger partial charge is 0.492 e. The number of halogens is 1. The summed E-state index contributed by atoms with van der Waals surface area (Å²) in [5.41, 5.74) is 5.77. The lowest BCUT2D eigenvalue weighted by Gasteiger charge is -2.07. The van der Waals surface area contributed by atoms with E-state index in [4.69, 9.17) is 11.6 Å². The number of hydrogen-bond donors (Lipinski definition) is 2. The topological polar surface area (TPSA) is 57.5 Å². The summed E-state index contributed by atoms with van der Waals surface area (Å²) < 4.78 is 0. The highest BCUT2D eigenvalue weighted by atomic mass is 35.5. The molecule has 3 aromatic rings. The molecule has 1 aliphatic heterocycles. The molecule has 0 amide bonds. The Kier molecular flexibility index (Phi) is 4.26. The molecule has 0 spiro atoms. The van der Waals surface area contributed by atoms with Crippen LogP contribution in [0.25, 0.3) is 11.6 Å². The summed E-state index contributed by atoms with van der Waals surface area (Å²) in [5.74, 6) is 0.00172. The zero-order chi connectivity index (χ0) is 18.3. The summed E-state index contributed by atoms with van der Waals surface area (Å²) in [6.45, 7) is 3.91. The lowest BCUT2D eigenvalue weighted by atomic mass is 10.0. The molecule has 130 valence electrons. The Hall–Kier alpha value is -2.63. The molecular weight excluding hydrogens is 366 g/mol. The molecule has 4 rings (SSSR count). The average molecular weight is 382 g/mol. The van der Waals surface area contributed by atoms with Gasteiger partial charge in [0.2, 0.25) is 5.88 Å². The SMILES string of the molecule is CC1=Nc2ccccc2/C1=C/c1sc(Nc2cccc(Cl)c2C)nc1O. The van der Waals surface area contributed by atoms with Crippen LogP contribution < -0.4 is 5.32 Å². The third-order valence-corrected chi connectivity index (χ3v) is 5.61. The van der Waals surface area contributed by atoms with Crippen LogP contribution in [0.3, 0.4) is 0 Å². The number of para-hydroxylation sites is 1. The predicted molar refractivity (Wildman–Crippen MR) is 110 cm³/mol. The number of aromatic hydroxyl groups is 1. The smallest absolute Gasteiger partial charge is 0.231 e. The number of allylic oxidation sites excluding steroid dienone is 1. The van der Waals surface area contributed by atoms with E-state index in [1.54, 1.807) is 0 Å². The van der Waals surface area contributed by atoms with E-state index in [0.29, 0.717) is 15.0 Å². The first-order valence-corrected chi connectivity index (χ1v) is 9.31. The van der Waals surface area contributed by atoms with Gasteiger partial charge in [-0.1, -0.05) is 47.2 Å². The zero-order valence-electron chi connectivity index (χ0n) is 14.2. The van der Waals surface area contributed by atoms with Gasteiger partial charge in [0.05, 0.1) is 10.6 Å². The first-order chi connectivity index (χ1) is 12.5. The Morgan fingerprint density at radius 1 is 1.12 bits per heavy atom. The summed E-state index contributed by atoms with van der Waals surface area (Å²) in [5, 5.41) is 14.8. The van der Waals surface area contributed by atoms with Crippen LogP contribution in [0.2, 0.25) is 5.02 Å². The maximum absolute atomic E-state index is 10.3. The third-order valence-electron chi connectivity index (χ3n) is 4.29. The molecule has 0 atom stereocenters. The van der Waals surface area contributed by atoms with Gasteiger partial charge in [0.1, 0.15) is 0 Å². The number of anilines is 2. The van der Waals surface area contributed by atoms with E-state index in [9.17, 15) is 5.11 Å². The second-order valence-corrected chi connectivity index (χ2v) is 7.45. The summed E-state index contributed by atoms with van der Waals surface area (Å²) in [6.07, 6.45) is 1.94. The molecule has 1 aliphatic rings. The second kappa shape index (κ2) is 6.59. The Labute approximate surface area is 160 Å². The minimum atomic E-state index is 0.00172. The molecule has 26 heavy (non-hydrogen) atoms. The van der Waals surface area contributed by atoms with E-state index in [1.165, 1.54) is 11.3 Å². The molecule has 2 heterocycles. The van der Waals surface area contributed by atoms with Crippen molar-refractivity contribution in [2.75, 3.05) is 5.32 Å². The van der Waals surface area contributed by atoms with E-state index in [1.807, 2.05) is 62.4 Å². The normalized spacial score (nSPS) is 14.4. The summed E-state index contributed by atoms with van der Waals surface area (Å²) in [7, 11) is 0. The Balaban J connectivity index is 1.68. The van der Waals surface area contributed by atoms with E-state index < -0.39 is 0 Å². The summed E-state index contributed by atoms with van der Waals surface area (Å²) in [4.78, 5) is 9.50. The van der Waals surface area contributed by atoms with Gasteiger partial charge in [-0.2, -0.15) is 4.98 Å². The van der Waals surface area contributed by atoms with E-state index in [2.05, 4.69) is 15.3 Å². The van der Waals surface area contributed by atoms with Crippen molar-refractivity contribution in [3.8, 4) is 5.88 Å². The molecule has 0 unspecified atom stereocenters. The molecule has 0 bridgehead atoms. The number of benzene rings is 2. The highest BCUT2D eigenvalue weighted by molar-refractivity contribution is 7.16. The number of aromatic nitrogens is 1. The third kappa shape index (κ3) is 3.00. The fraction of sp³-hybridized carbons (Fsp3) is 0.100. The maximum Gasteiger partial charge on any atom is 0.231 e. The summed E-state index contributed by atoms with van der Waals surface area (Å²) >= 11 is 7.55. The average Bonchev–Trinajstić information content (AvgIpc) is 3.12. The highest BCUT2D eigenvalue weighted by Crippen LogP contribution is 2.39. The molecule has 0 radical (unpaired) electrons. The van der Waals surface area contributed by atoms with Crippen molar-refractivity contribution in [3.05, 3.63) is 63.5 Å². The zero-order valence-corrected chi connectivity index (χ0v) is 15.8. The van der Waals surface area contributed by atoms with Gasteiger partial charge in [0.15, 0.2) is 5.13 Å². The number of nitrogens with zero attached hydrogens (tertiary/aromatic N) is 2. The fourth-order valence-corrected chi connectivity index (χ4v) is 3.87. The Morgan fingerprint density at radius 2 is 1.92 bits per heavy atom. The van der Waals surface area contributed by atoms with Crippen LogP contribution >= 0.6 is 22.9 Å². The maximum atomic E-state index is 10.3. The van der Waals surface area contributed by atoms with Gasteiger partial charge < -0.3 is 10.4 Å². The van der Waals surface area contributed by atoms with Crippen LogP contribution in [0.5, 0.6) is 5.88 Å². The number of hydrogen-bond acceptors (Lipinski definition) is 5. The van der Waals surface area contributed by atoms with Gasteiger partial charge in [-0.15, -0.1) is 0 Å². The molecule has 1 aromatic heterocycles. The molecular formula is C20H16ClN3OS. The standard InChI is InChI=1S/C20H16ClN3OS/c1-11-15(21)7-5-9-16(11)23-20-24-19(25)18(26-20)10-14-12(2)22-17-8-4-3-6-13(14)17/h3-10,25H,1-2H3,(H,23,24)/b14-10+. The molecule has 0 saturated carbocycles. The molecule has 6 heteroatoms. The molecule has 2 N–H and O–H groups in total. The van der Waals surface area contributed by atoms with E-state index in [-0.39, 0.29) is 5.88 Å². The van der Waals surface area contributed by atoms with Gasteiger partial charge in [0, 0.05) is 27.6 Å². The van der Waals surface area contributed by atoms with Crippen molar-refractivity contribution in [2.24, 2.45) is 4.99 Å². The van der Waals surface area contributed by atoms with Crippen molar-refractivity contribution in [2.45, 2.75) is 13.8 Å². The number of thiazole rings is 1. The van der Waals surface area contributed by atoms with Gasteiger partial charge in [-0.05, 0) is 43.7 Å². The number of nitrogens with one attached hydrogen (secondary N) is 1. The van der Waals surface area contributed by atoms with Gasteiger partial charge in [-0.3, -0.25) is 4.99 Å². The van der Waals surface area contributed by atoms with Crippen LogP contribution in [0.15, 0.2) is 47.5 Å². The number of aliphatic imine (C=N–C) groups is 1. The Bertz CT molecular complexity index is 1070. The molecule has 4 nitrogen and oxygen atoms in total. The van der Waals surface area contributed by atoms with Crippen LogP contribution in [-0.2, 0) is 0 Å². The van der Waals surface area contributed by atoms with Crippen molar-refractivity contribution >= 4 is 56.8 Å². The van der Waals surface area contributed by atoms with Crippen LogP contribution in [-0.4, -0.2) is 15.8 Å². The molecule has 0 fully saturated rings. The van der Waals surface area contributed by atoms with Crippen molar-refractivity contribution in [1.82, 2.24) is 4.98 Å². The number of rotatable bonds is 3. The van der Waals surface area contributed by atoms with Crippen molar-refractivity contribution in [1.29, 1.82) is 0 Å². The van der Waals surface area contributed by atoms with Gasteiger partial charge >= 0.3 is 0 Å². The second-order valence-electron chi connectivity index (χ2n) is 6.02. The lowest BCUT2D eigenvalue weighted by molar-refractivity contribution is 0.457. The van der Waals surface area contributed by atoms with Crippen LogP contribution in [0.4, 0.5) is 16.5 Å². The molecule has 2 aromatic carbocycles. The first kappa shape index (κ1) is 16.8. The Morgan fingerprint density at radius 3 is 2.77 bits per heavy atom. The highest BCUT2D eigenvalue weighted by Gasteiger charge is 2.19. The molecule has 0 aliphatic carbocycles.